The molecule has 0 bridgehead atoms. The van der Waals surface area contributed by atoms with Gasteiger partial charge in [-0.25, -0.2) is 9.97 Å². The zero-order valence-electron chi connectivity index (χ0n) is 17.2. The number of phenolic OH excluding ortho intramolecular Hbond substituents is 3. The quantitative estimate of drug-likeness (QED) is 0.233. The molecule has 0 aliphatic heterocycles. The molecule has 5 rings (SSSR count). The van der Waals surface area contributed by atoms with E-state index in [0.717, 1.165) is 22.2 Å². The highest BCUT2D eigenvalue weighted by atomic mass is 35.5. The van der Waals surface area contributed by atoms with Crippen molar-refractivity contribution >= 4 is 33.5 Å². The van der Waals surface area contributed by atoms with Gasteiger partial charge in [0.25, 0.3) is 0 Å². The van der Waals surface area contributed by atoms with Crippen LogP contribution in [0.25, 0.3) is 44.6 Å². The van der Waals surface area contributed by atoms with Crippen molar-refractivity contribution in [1.82, 2.24) is 15.0 Å². The molecule has 0 atom stereocenters. The van der Waals surface area contributed by atoms with Crippen molar-refractivity contribution < 1.29 is 15.3 Å². The molecule has 0 saturated carbocycles. The van der Waals surface area contributed by atoms with Gasteiger partial charge in [0, 0.05) is 16.0 Å². The number of aromatic hydroxyl groups is 3. The van der Waals surface area contributed by atoms with Crippen LogP contribution in [0.2, 0.25) is 5.02 Å². The van der Waals surface area contributed by atoms with Crippen LogP contribution in [-0.2, 0) is 0 Å². The number of aromatic amines is 1. The number of hydrogen-bond donors (Lipinski definition) is 4. The topological polar surface area (TPSA) is 102 Å². The maximum Gasteiger partial charge on any atom is 0.200 e. The molecule has 0 radical (unpaired) electrons. The number of H-pyrrole nitrogens is 1. The minimum Gasteiger partial charge on any atom is -0.504 e. The first-order valence-corrected chi connectivity index (χ1v) is 10.5. The lowest BCUT2D eigenvalue weighted by Crippen LogP contribution is -1.88. The summed E-state index contributed by atoms with van der Waals surface area (Å²) in [5, 5.41) is 31.2. The van der Waals surface area contributed by atoms with E-state index >= 15 is 0 Å². The Morgan fingerprint density at radius 3 is 2.09 bits per heavy atom. The molecule has 6 nitrogen and oxygen atoms in total. The van der Waals surface area contributed by atoms with Crippen molar-refractivity contribution in [2.45, 2.75) is 0 Å². The lowest BCUT2D eigenvalue weighted by Gasteiger charge is -2.06. The highest BCUT2D eigenvalue weighted by Crippen LogP contribution is 2.38. The maximum absolute atomic E-state index is 10.1. The SMILES string of the molecule is Oc1cc(-c2nc3ccccc3[nH]c(-c3ccccc3)c3cc(Cl)ccc3n2)cc(O)c1O. The fraction of sp³-hybridized carbons (Fsp3) is 0. The second kappa shape index (κ2) is 8.33. The summed E-state index contributed by atoms with van der Waals surface area (Å²) < 4.78 is 0. The Balaban J connectivity index is 1.98. The van der Waals surface area contributed by atoms with E-state index in [-0.39, 0.29) is 5.82 Å². The number of benzene rings is 4. The summed E-state index contributed by atoms with van der Waals surface area (Å²) in [6.07, 6.45) is 0. The molecule has 162 valence electrons. The van der Waals surface area contributed by atoms with Crippen LogP contribution in [0.15, 0.2) is 84.9 Å². The van der Waals surface area contributed by atoms with E-state index < -0.39 is 17.2 Å². The van der Waals surface area contributed by atoms with Crippen LogP contribution in [0.5, 0.6) is 17.2 Å². The Morgan fingerprint density at radius 1 is 0.667 bits per heavy atom. The predicted molar refractivity (Wildman–Crippen MR) is 130 cm³/mol. The summed E-state index contributed by atoms with van der Waals surface area (Å²) in [6.45, 7) is 0. The minimum atomic E-state index is -0.601. The highest BCUT2D eigenvalue weighted by molar-refractivity contribution is 6.31. The van der Waals surface area contributed by atoms with Gasteiger partial charge in [0.2, 0.25) is 0 Å². The van der Waals surface area contributed by atoms with Crippen LogP contribution in [0.3, 0.4) is 0 Å². The molecule has 0 aliphatic carbocycles. The summed E-state index contributed by atoms with van der Waals surface area (Å²) in [5.41, 5.74) is 4.01. The second-order valence-electron chi connectivity index (χ2n) is 7.45. The van der Waals surface area contributed by atoms with Gasteiger partial charge in [-0.05, 0) is 48.0 Å². The number of rotatable bonds is 2. The molecule has 7 heteroatoms. The Bertz CT molecular complexity index is 1540. The van der Waals surface area contributed by atoms with Crippen LogP contribution in [-0.4, -0.2) is 30.3 Å². The average molecular weight is 456 g/mol. The largest absolute Gasteiger partial charge is 0.504 e. The van der Waals surface area contributed by atoms with E-state index in [4.69, 9.17) is 21.6 Å². The Labute approximate surface area is 193 Å². The number of fused-ring (bicyclic) bond motifs is 2. The van der Waals surface area contributed by atoms with Crippen LogP contribution in [0, 0.1) is 0 Å². The van der Waals surface area contributed by atoms with Crippen molar-refractivity contribution in [1.29, 1.82) is 0 Å². The van der Waals surface area contributed by atoms with Gasteiger partial charge >= 0.3 is 0 Å². The van der Waals surface area contributed by atoms with Gasteiger partial charge in [-0.2, -0.15) is 0 Å². The first-order valence-electron chi connectivity index (χ1n) is 10.1. The molecule has 1 heterocycles. The Morgan fingerprint density at radius 2 is 1.33 bits per heavy atom. The van der Waals surface area contributed by atoms with Crippen molar-refractivity contribution in [2.24, 2.45) is 0 Å². The van der Waals surface area contributed by atoms with Crippen molar-refractivity contribution in [3.63, 3.8) is 0 Å². The van der Waals surface area contributed by atoms with E-state index in [9.17, 15) is 15.3 Å². The molecular weight excluding hydrogens is 438 g/mol. The zero-order valence-corrected chi connectivity index (χ0v) is 18.0. The smallest absolute Gasteiger partial charge is 0.200 e. The van der Waals surface area contributed by atoms with Crippen molar-refractivity contribution in [3.8, 4) is 39.9 Å². The molecule has 0 saturated heterocycles. The molecule has 0 aliphatic rings. The van der Waals surface area contributed by atoms with Gasteiger partial charge in [0.05, 0.1) is 22.2 Å². The fourth-order valence-corrected chi connectivity index (χ4v) is 3.81. The third-order valence-electron chi connectivity index (χ3n) is 5.23. The fourth-order valence-electron chi connectivity index (χ4n) is 3.63. The minimum absolute atomic E-state index is 0.243. The normalized spacial score (nSPS) is 10.9. The third-order valence-corrected chi connectivity index (χ3v) is 5.47. The number of nitrogens with zero attached hydrogens (tertiary/aromatic N) is 2. The van der Waals surface area contributed by atoms with E-state index in [1.807, 2.05) is 60.7 Å². The first-order chi connectivity index (χ1) is 16.0. The third kappa shape index (κ3) is 4.00. The van der Waals surface area contributed by atoms with Gasteiger partial charge in [-0.3, -0.25) is 0 Å². The highest BCUT2D eigenvalue weighted by Gasteiger charge is 2.13. The summed E-state index contributed by atoms with van der Waals surface area (Å²) >= 11 is 6.37. The molecule has 0 unspecified atom stereocenters. The lowest BCUT2D eigenvalue weighted by molar-refractivity contribution is 0.368. The van der Waals surface area contributed by atoms with Gasteiger partial charge in [0.15, 0.2) is 23.1 Å². The number of phenols is 3. The molecule has 5 aromatic rings. The molecule has 0 spiro atoms. The number of nitrogens with one attached hydrogen (secondary N) is 1. The van der Waals surface area contributed by atoms with E-state index in [0.29, 0.717) is 21.6 Å². The number of para-hydroxylation sites is 2. The monoisotopic (exact) mass is 455 g/mol. The maximum atomic E-state index is 10.1. The van der Waals surface area contributed by atoms with Crippen molar-refractivity contribution in [3.05, 3.63) is 90.0 Å². The van der Waals surface area contributed by atoms with E-state index in [1.165, 1.54) is 12.1 Å². The molecule has 0 amide bonds. The van der Waals surface area contributed by atoms with Gasteiger partial charge in [-0.1, -0.05) is 54.1 Å². The number of hydrogen-bond acceptors (Lipinski definition) is 5. The Hall–Kier alpha value is -4.29. The first kappa shape index (κ1) is 20.6. The van der Waals surface area contributed by atoms with E-state index in [1.54, 1.807) is 12.1 Å². The molecule has 33 heavy (non-hydrogen) atoms. The van der Waals surface area contributed by atoms with Crippen LogP contribution < -0.4 is 0 Å². The summed E-state index contributed by atoms with van der Waals surface area (Å²) in [6, 6.07) is 25.3. The summed E-state index contributed by atoms with van der Waals surface area (Å²) in [7, 11) is 0. The lowest BCUT2D eigenvalue weighted by atomic mass is 10.1. The van der Waals surface area contributed by atoms with Gasteiger partial charge in [-0.15, -0.1) is 0 Å². The van der Waals surface area contributed by atoms with E-state index in [2.05, 4.69) is 4.98 Å². The summed E-state index contributed by atoms with van der Waals surface area (Å²) in [4.78, 5) is 13.0. The van der Waals surface area contributed by atoms with Gasteiger partial charge in [0.1, 0.15) is 0 Å². The predicted octanol–water partition coefficient (Wildman–Crippen LogP) is 6.34. The number of halogens is 1. The molecular formula is C26H18ClN3O3. The van der Waals surface area contributed by atoms with Crippen LogP contribution in [0.4, 0.5) is 0 Å². The average Bonchev–Trinajstić information content (AvgIpc) is 2.89. The summed E-state index contributed by atoms with van der Waals surface area (Å²) in [5.74, 6) is -1.30. The van der Waals surface area contributed by atoms with Crippen molar-refractivity contribution in [2.75, 3.05) is 0 Å². The van der Waals surface area contributed by atoms with Crippen LogP contribution >= 0.6 is 11.6 Å². The Kier molecular flexibility index (Phi) is 5.20. The molecule has 1 aromatic heterocycles. The molecule has 4 aromatic carbocycles. The number of aromatic nitrogens is 3. The molecule has 0 fully saturated rings. The standard InChI is InChI=1S/C26H18ClN3O3/c27-17-10-11-19-18(14-17)24(15-6-2-1-3-7-15)28-20-8-4-5-9-21(20)30-26(29-19)16-12-22(31)25(33)23(32)13-16/h1-14,28,31-33H. The zero-order chi connectivity index (χ0) is 22.9. The van der Waals surface area contributed by atoms with Crippen LogP contribution in [0.1, 0.15) is 0 Å². The second-order valence-corrected chi connectivity index (χ2v) is 7.89. The molecule has 4 N–H and O–H groups in total. The van der Waals surface area contributed by atoms with Gasteiger partial charge < -0.3 is 20.3 Å².